The Morgan fingerprint density at radius 1 is 1.38 bits per heavy atom. The molecule has 2 heterocycles. The Kier molecular flexibility index (Phi) is 4.98. The number of Topliss-reactive ketones (excluding diaryl/α,β-unsaturated/α-hetero) is 1. The van der Waals surface area contributed by atoms with E-state index in [0.29, 0.717) is 12.1 Å². The molecule has 2 aliphatic rings. The van der Waals surface area contributed by atoms with Gasteiger partial charge in [-0.05, 0) is 38.3 Å². The van der Waals surface area contributed by atoms with Gasteiger partial charge in [0.2, 0.25) is 0 Å². The molecule has 3 rings (SSSR count). The fourth-order valence-corrected chi connectivity index (χ4v) is 3.25. The molecule has 1 fully saturated rings. The van der Waals surface area contributed by atoms with E-state index in [0.717, 1.165) is 37.2 Å². The van der Waals surface area contributed by atoms with E-state index in [1.165, 1.54) is 0 Å². The normalized spacial score (nSPS) is 21.7. The Morgan fingerprint density at radius 3 is 2.62 bits per heavy atom. The van der Waals surface area contributed by atoms with Crippen LogP contribution in [0.4, 0.5) is 5.69 Å². The molecule has 1 aromatic carbocycles. The zero-order valence-corrected chi connectivity index (χ0v) is 13.7. The van der Waals surface area contributed by atoms with Gasteiger partial charge in [-0.15, -0.1) is 0 Å². The van der Waals surface area contributed by atoms with Gasteiger partial charge in [-0.2, -0.15) is 0 Å². The number of nitrogens with zero attached hydrogens (tertiary/aromatic N) is 3. The first-order valence-corrected chi connectivity index (χ1v) is 8.25. The maximum absolute atomic E-state index is 12.6. The van der Waals surface area contributed by atoms with E-state index in [2.05, 4.69) is 10.0 Å². The lowest BCUT2D eigenvalue weighted by molar-refractivity contribution is -0.134. The summed E-state index contributed by atoms with van der Waals surface area (Å²) in [5.41, 5.74) is 2.23. The number of carbonyl (C=O) groups excluding carboxylic acids is 1. The van der Waals surface area contributed by atoms with Gasteiger partial charge < -0.3 is 14.7 Å². The number of oxime groups is 1. The van der Waals surface area contributed by atoms with Gasteiger partial charge in [-0.25, -0.2) is 4.85 Å². The van der Waals surface area contributed by atoms with E-state index in [-0.39, 0.29) is 11.7 Å². The second kappa shape index (κ2) is 7.16. The molecular formula is C17H20BN3O3. The fourth-order valence-electron chi connectivity index (χ4n) is 3.25. The highest BCUT2D eigenvalue weighted by Crippen LogP contribution is 2.26. The number of hydrogen-bond acceptors (Lipinski definition) is 5. The van der Waals surface area contributed by atoms with E-state index in [1.807, 2.05) is 16.9 Å². The van der Waals surface area contributed by atoms with Gasteiger partial charge in [0.25, 0.3) is 0 Å². The average molecular weight is 325 g/mol. The lowest BCUT2D eigenvalue weighted by Crippen LogP contribution is -2.45. The third kappa shape index (κ3) is 3.50. The minimum absolute atomic E-state index is 0.0240. The molecule has 0 amide bonds. The van der Waals surface area contributed by atoms with Crippen LogP contribution < -0.4 is 0 Å². The number of rotatable bonds is 4. The summed E-state index contributed by atoms with van der Waals surface area (Å²) in [6.45, 7) is 10.2. The second-order valence-electron chi connectivity index (χ2n) is 6.34. The van der Waals surface area contributed by atoms with Crippen molar-refractivity contribution in [3.63, 3.8) is 0 Å². The molecule has 0 aliphatic carbocycles. The van der Waals surface area contributed by atoms with Gasteiger partial charge in [0.15, 0.2) is 17.6 Å². The summed E-state index contributed by atoms with van der Waals surface area (Å²) in [5.74, 6) is 0.0841. The van der Waals surface area contributed by atoms with Crippen molar-refractivity contribution >= 4 is 24.2 Å². The number of piperidine rings is 1. The molecule has 0 saturated carbocycles. The zero-order chi connectivity index (χ0) is 17.1. The van der Waals surface area contributed by atoms with Crippen molar-refractivity contribution in [2.24, 2.45) is 11.1 Å². The van der Waals surface area contributed by atoms with E-state index in [9.17, 15) is 9.82 Å². The third-order valence-electron chi connectivity index (χ3n) is 4.78. The summed E-state index contributed by atoms with van der Waals surface area (Å²) in [6.07, 6.45) is 1.47. The van der Waals surface area contributed by atoms with Gasteiger partial charge in [-0.1, -0.05) is 29.4 Å². The molecule has 6 nitrogen and oxygen atoms in total. The quantitative estimate of drug-likeness (QED) is 0.680. The van der Waals surface area contributed by atoms with Crippen molar-refractivity contribution in [3.05, 3.63) is 41.2 Å². The van der Waals surface area contributed by atoms with Crippen LogP contribution in [0.1, 0.15) is 24.8 Å². The maximum atomic E-state index is 12.6. The van der Waals surface area contributed by atoms with Crippen LogP contribution in [0.2, 0.25) is 6.82 Å². The molecule has 1 unspecified atom stereocenters. The maximum Gasteiger partial charge on any atom is 0.376 e. The SMILES string of the molecule is [C-]#[N+]c1ccc(C2=NOC(C(=O)C3CCN(B(C)O)CC3)C2)cc1. The topological polar surface area (TPSA) is 66.5 Å². The molecule has 24 heavy (non-hydrogen) atoms. The van der Waals surface area contributed by atoms with Gasteiger partial charge in [0, 0.05) is 12.3 Å². The Morgan fingerprint density at radius 2 is 2.04 bits per heavy atom. The van der Waals surface area contributed by atoms with E-state index < -0.39 is 13.2 Å². The van der Waals surface area contributed by atoms with Crippen LogP contribution in [0.15, 0.2) is 29.4 Å². The first-order valence-electron chi connectivity index (χ1n) is 8.25. The molecule has 2 aliphatic heterocycles. The lowest BCUT2D eigenvalue weighted by Gasteiger charge is -2.32. The fraction of sp³-hybridized carbons (Fsp3) is 0.471. The summed E-state index contributed by atoms with van der Waals surface area (Å²) < 4.78 is 0. The van der Waals surface area contributed by atoms with Crippen LogP contribution >= 0.6 is 0 Å². The molecule has 1 aromatic rings. The van der Waals surface area contributed by atoms with Crippen molar-refractivity contribution in [2.75, 3.05) is 13.1 Å². The Bertz CT molecular complexity index is 673. The first kappa shape index (κ1) is 16.7. The highest BCUT2D eigenvalue weighted by atomic mass is 16.6. The van der Waals surface area contributed by atoms with Crippen LogP contribution in [0.5, 0.6) is 0 Å². The van der Waals surface area contributed by atoms with Gasteiger partial charge in [0.05, 0.1) is 12.3 Å². The minimum atomic E-state index is -0.511. The minimum Gasteiger partial charge on any atom is -0.437 e. The second-order valence-corrected chi connectivity index (χ2v) is 6.34. The Hall–Kier alpha value is -2.17. The summed E-state index contributed by atoms with van der Waals surface area (Å²) >= 11 is 0. The van der Waals surface area contributed by atoms with Crippen LogP contribution in [0.25, 0.3) is 4.85 Å². The number of benzene rings is 1. The summed E-state index contributed by atoms with van der Waals surface area (Å²) in [5, 5.41) is 13.7. The van der Waals surface area contributed by atoms with Crippen LogP contribution in [-0.4, -0.2) is 47.6 Å². The number of hydrogen-bond donors (Lipinski definition) is 1. The van der Waals surface area contributed by atoms with Crippen molar-refractivity contribution in [1.82, 2.24) is 4.81 Å². The van der Waals surface area contributed by atoms with Crippen LogP contribution in [0, 0.1) is 12.5 Å². The monoisotopic (exact) mass is 325 g/mol. The number of ketones is 1. The molecule has 1 N–H and O–H groups in total. The average Bonchev–Trinajstić information content (AvgIpc) is 3.11. The van der Waals surface area contributed by atoms with E-state index >= 15 is 0 Å². The van der Waals surface area contributed by atoms with E-state index in [1.54, 1.807) is 19.0 Å². The molecule has 1 saturated heterocycles. The van der Waals surface area contributed by atoms with Crippen molar-refractivity contribution < 1.29 is 14.7 Å². The zero-order valence-electron chi connectivity index (χ0n) is 13.7. The molecule has 1 atom stereocenters. The Balaban J connectivity index is 1.56. The number of carbonyl (C=O) groups is 1. The summed E-state index contributed by atoms with van der Waals surface area (Å²) in [4.78, 5) is 23.4. The Labute approximate surface area is 142 Å². The highest BCUT2D eigenvalue weighted by molar-refractivity contribution is 6.45. The standard InChI is InChI=1S/C17H20BN3O3/c1-18(23)21-9-7-13(8-10-21)17(22)16-11-15(20-24-16)12-3-5-14(19-2)6-4-12/h3-6,13,16,23H,7-11H2,1H3. The lowest BCUT2D eigenvalue weighted by atomic mass is 9.79. The predicted molar refractivity (Wildman–Crippen MR) is 91.9 cm³/mol. The largest absolute Gasteiger partial charge is 0.437 e. The highest BCUT2D eigenvalue weighted by Gasteiger charge is 2.36. The molecular weight excluding hydrogens is 305 g/mol. The van der Waals surface area contributed by atoms with Gasteiger partial charge >= 0.3 is 7.05 Å². The molecule has 124 valence electrons. The molecule has 0 bridgehead atoms. The third-order valence-corrected chi connectivity index (χ3v) is 4.78. The molecule has 0 spiro atoms. The van der Waals surface area contributed by atoms with Crippen LogP contribution in [0.3, 0.4) is 0 Å². The van der Waals surface area contributed by atoms with Crippen molar-refractivity contribution in [3.8, 4) is 0 Å². The van der Waals surface area contributed by atoms with Crippen LogP contribution in [-0.2, 0) is 9.63 Å². The summed E-state index contributed by atoms with van der Waals surface area (Å²) in [6, 6.07) is 7.16. The molecule has 0 aromatic heterocycles. The van der Waals surface area contributed by atoms with Crippen molar-refractivity contribution in [2.45, 2.75) is 32.2 Å². The van der Waals surface area contributed by atoms with Gasteiger partial charge in [0.1, 0.15) is 0 Å². The molecule has 0 radical (unpaired) electrons. The summed E-state index contributed by atoms with van der Waals surface area (Å²) in [7, 11) is -0.461. The molecule has 7 heteroatoms. The van der Waals surface area contributed by atoms with Crippen molar-refractivity contribution in [1.29, 1.82) is 0 Å². The van der Waals surface area contributed by atoms with E-state index in [4.69, 9.17) is 11.4 Å². The van der Waals surface area contributed by atoms with Gasteiger partial charge in [-0.3, -0.25) is 4.79 Å². The first-order chi connectivity index (χ1) is 11.6. The smallest absolute Gasteiger partial charge is 0.376 e. The predicted octanol–water partition coefficient (Wildman–Crippen LogP) is 2.12.